The lowest BCUT2D eigenvalue weighted by Gasteiger charge is -2.05. The molecule has 3 aromatic rings. The molecule has 0 aliphatic heterocycles. The Morgan fingerprint density at radius 2 is 1.05 bits per heavy atom. The molecule has 0 aliphatic rings. The van der Waals surface area contributed by atoms with Crippen LogP contribution in [-0.4, -0.2) is 19.9 Å². The molecule has 3 rings (SSSR count). The van der Waals surface area contributed by atoms with Crippen LogP contribution in [0.15, 0.2) is 55.1 Å². The normalized spacial score (nSPS) is 10.3. The van der Waals surface area contributed by atoms with Gasteiger partial charge in [0, 0.05) is 41.6 Å². The molecule has 19 heavy (non-hydrogen) atoms. The molecule has 0 fully saturated rings. The van der Waals surface area contributed by atoms with E-state index in [4.69, 9.17) is 5.73 Å². The summed E-state index contributed by atoms with van der Waals surface area (Å²) in [6, 6.07) is 9.15. The van der Waals surface area contributed by atoms with E-state index >= 15 is 0 Å². The van der Waals surface area contributed by atoms with E-state index < -0.39 is 0 Å². The highest BCUT2D eigenvalue weighted by Gasteiger charge is 2.06. The largest absolute Gasteiger partial charge is 0.399 e. The number of aromatic nitrogens is 4. The molecule has 0 aliphatic carbocycles. The first-order chi connectivity index (χ1) is 9.33. The van der Waals surface area contributed by atoms with Crippen LogP contribution < -0.4 is 5.73 Å². The molecule has 2 N–H and O–H groups in total. The molecule has 1 aromatic carbocycles. The Bertz CT molecular complexity index is 625. The number of benzene rings is 1. The van der Waals surface area contributed by atoms with Gasteiger partial charge in [-0.2, -0.15) is 0 Å². The van der Waals surface area contributed by atoms with Crippen molar-refractivity contribution in [3.05, 3.63) is 55.1 Å². The van der Waals surface area contributed by atoms with Crippen LogP contribution in [0, 0.1) is 0 Å². The van der Waals surface area contributed by atoms with Crippen LogP contribution in [0.25, 0.3) is 22.8 Å². The lowest BCUT2D eigenvalue weighted by Crippen LogP contribution is -1.94. The van der Waals surface area contributed by atoms with Gasteiger partial charge in [0.25, 0.3) is 0 Å². The van der Waals surface area contributed by atoms with Crippen LogP contribution in [-0.2, 0) is 0 Å². The van der Waals surface area contributed by atoms with Crippen molar-refractivity contribution in [3.63, 3.8) is 0 Å². The summed E-state index contributed by atoms with van der Waals surface area (Å²) in [7, 11) is 0. The van der Waals surface area contributed by atoms with Crippen LogP contribution >= 0.6 is 0 Å². The second-order valence-electron chi connectivity index (χ2n) is 3.99. The van der Waals surface area contributed by atoms with Crippen LogP contribution in [0.5, 0.6) is 0 Å². The number of hydrogen-bond acceptors (Lipinski definition) is 5. The minimum atomic E-state index is 0.631. The summed E-state index contributed by atoms with van der Waals surface area (Å²) in [4.78, 5) is 16.9. The van der Waals surface area contributed by atoms with Gasteiger partial charge >= 0.3 is 0 Å². The number of rotatable bonds is 2. The van der Waals surface area contributed by atoms with Crippen molar-refractivity contribution < 1.29 is 0 Å². The summed E-state index contributed by atoms with van der Waals surface area (Å²) in [6.07, 6.45) is 6.79. The Labute approximate surface area is 110 Å². The maximum absolute atomic E-state index is 5.92. The molecule has 0 atom stereocenters. The summed E-state index contributed by atoms with van der Waals surface area (Å²) in [5, 5.41) is 0. The topological polar surface area (TPSA) is 77.6 Å². The van der Waals surface area contributed by atoms with Gasteiger partial charge in [0.15, 0.2) is 11.6 Å². The molecule has 92 valence electrons. The Morgan fingerprint density at radius 1 is 0.632 bits per heavy atom. The summed E-state index contributed by atoms with van der Waals surface area (Å²) in [6.45, 7) is 0. The zero-order valence-corrected chi connectivity index (χ0v) is 10.1. The molecule has 0 bridgehead atoms. The Kier molecular flexibility index (Phi) is 2.86. The van der Waals surface area contributed by atoms with Gasteiger partial charge in [-0.1, -0.05) is 0 Å². The standard InChI is InChI=1S/C14H11N5/c15-12-8-10(13-16-3-1-4-17-13)7-11(9-12)14-18-5-2-6-19-14/h1-9H,15H2. The molecule has 0 unspecified atom stereocenters. The summed E-state index contributed by atoms with van der Waals surface area (Å²) >= 11 is 0. The van der Waals surface area contributed by atoms with E-state index in [1.54, 1.807) is 36.9 Å². The summed E-state index contributed by atoms with van der Waals surface area (Å²) < 4.78 is 0. The molecule has 0 spiro atoms. The smallest absolute Gasteiger partial charge is 0.159 e. The van der Waals surface area contributed by atoms with Crippen LogP contribution in [0.3, 0.4) is 0 Å². The van der Waals surface area contributed by atoms with Crippen LogP contribution in [0.4, 0.5) is 5.69 Å². The number of nitrogens with two attached hydrogens (primary N) is 1. The third-order valence-corrected chi connectivity index (χ3v) is 2.60. The van der Waals surface area contributed by atoms with E-state index in [-0.39, 0.29) is 0 Å². The third-order valence-electron chi connectivity index (χ3n) is 2.60. The maximum Gasteiger partial charge on any atom is 0.159 e. The number of nitrogens with zero attached hydrogens (tertiary/aromatic N) is 4. The Hall–Kier alpha value is -2.82. The fraction of sp³-hybridized carbons (Fsp3) is 0. The van der Waals surface area contributed by atoms with E-state index in [0.717, 1.165) is 11.1 Å². The first-order valence-corrected chi connectivity index (χ1v) is 5.78. The van der Waals surface area contributed by atoms with Gasteiger partial charge in [-0.3, -0.25) is 0 Å². The van der Waals surface area contributed by atoms with Gasteiger partial charge in [-0.25, -0.2) is 19.9 Å². The van der Waals surface area contributed by atoms with Gasteiger partial charge in [-0.15, -0.1) is 0 Å². The third kappa shape index (κ3) is 2.40. The van der Waals surface area contributed by atoms with Gasteiger partial charge in [-0.05, 0) is 30.3 Å². The van der Waals surface area contributed by atoms with Gasteiger partial charge in [0.2, 0.25) is 0 Å². The highest BCUT2D eigenvalue weighted by molar-refractivity contribution is 5.71. The summed E-state index contributed by atoms with van der Waals surface area (Å²) in [5.41, 5.74) is 8.25. The number of hydrogen-bond donors (Lipinski definition) is 1. The van der Waals surface area contributed by atoms with Gasteiger partial charge in [0.05, 0.1) is 0 Å². The van der Waals surface area contributed by atoms with Crippen molar-refractivity contribution in [1.29, 1.82) is 0 Å². The molecule has 0 amide bonds. The molecule has 0 saturated carbocycles. The van der Waals surface area contributed by atoms with Crippen LogP contribution in [0.1, 0.15) is 0 Å². The minimum absolute atomic E-state index is 0.631. The van der Waals surface area contributed by atoms with E-state index in [1.807, 2.05) is 18.2 Å². The van der Waals surface area contributed by atoms with Crippen molar-refractivity contribution in [2.24, 2.45) is 0 Å². The molecule has 5 heteroatoms. The molecule has 0 saturated heterocycles. The molecule has 5 nitrogen and oxygen atoms in total. The first-order valence-electron chi connectivity index (χ1n) is 5.78. The number of anilines is 1. The van der Waals surface area contributed by atoms with E-state index in [0.29, 0.717) is 17.3 Å². The van der Waals surface area contributed by atoms with Crippen molar-refractivity contribution in [2.75, 3.05) is 5.73 Å². The van der Waals surface area contributed by atoms with E-state index in [9.17, 15) is 0 Å². The Balaban J connectivity index is 2.12. The van der Waals surface area contributed by atoms with Crippen molar-refractivity contribution in [3.8, 4) is 22.8 Å². The fourth-order valence-corrected chi connectivity index (χ4v) is 1.81. The van der Waals surface area contributed by atoms with Crippen LogP contribution in [0.2, 0.25) is 0 Å². The average molecular weight is 249 g/mol. The quantitative estimate of drug-likeness (QED) is 0.704. The zero-order chi connectivity index (χ0) is 13.1. The van der Waals surface area contributed by atoms with E-state index in [2.05, 4.69) is 19.9 Å². The van der Waals surface area contributed by atoms with Crippen molar-refractivity contribution in [2.45, 2.75) is 0 Å². The molecular formula is C14H11N5. The molecule has 0 radical (unpaired) electrons. The predicted molar refractivity (Wildman–Crippen MR) is 72.9 cm³/mol. The SMILES string of the molecule is Nc1cc(-c2ncccn2)cc(-c2ncccn2)c1. The predicted octanol–water partition coefficient (Wildman–Crippen LogP) is 2.18. The highest BCUT2D eigenvalue weighted by Crippen LogP contribution is 2.25. The highest BCUT2D eigenvalue weighted by atomic mass is 14.9. The summed E-state index contributed by atoms with van der Waals surface area (Å²) in [5.74, 6) is 1.26. The Morgan fingerprint density at radius 3 is 1.47 bits per heavy atom. The fourth-order valence-electron chi connectivity index (χ4n) is 1.81. The van der Waals surface area contributed by atoms with Gasteiger partial charge < -0.3 is 5.73 Å². The second kappa shape index (κ2) is 4.81. The first kappa shape index (κ1) is 11.3. The van der Waals surface area contributed by atoms with Gasteiger partial charge in [0.1, 0.15) is 0 Å². The average Bonchev–Trinajstić information content (AvgIpc) is 2.48. The lowest BCUT2D eigenvalue weighted by atomic mass is 10.1. The number of nitrogen functional groups attached to an aromatic ring is 1. The molecule has 2 aromatic heterocycles. The van der Waals surface area contributed by atoms with E-state index in [1.165, 1.54) is 0 Å². The van der Waals surface area contributed by atoms with Crippen molar-refractivity contribution in [1.82, 2.24) is 19.9 Å². The zero-order valence-electron chi connectivity index (χ0n) is 10.1. The maximum atomic E-state index is 5.92. The molecular weight excluding hydrogens is 238 g/mol. The minimum Gasteiger partial charge on any atom is -0.399 e. The second-order valence-corrected chi connectivity index (χ2v) is 3.99. The van der Waals surface area contributed by atoms with Crippen molar-refractivity contribution >= 4 is 5.69 Å². The molecule has 2 heterocycles. The monoisotopic (exact) mass is 249 g/mol. The lowest BCUT2D eigenvalue weighted by molar-refractivity contribution is 1.16.